The summed E-state index contributed by atoms with van der Waals surface area (Å²) in [6.07, 6.45) is 4.68. The molecule has 0 spiro atoms. The fourth-order valence-corrected chi connectivity index (χ4v) is 1.61. The molecular weight excluding hydrogens is 232 g/mol. The zero-order chi connectivity index (χ0) is 13.2. The average molecular weight is 252 g/mol. The van der Waals surface area contributed by atoms with Gasteiger partial charge in [-0.2, -0.15) is 0 Å². The number of hydrogen-bond acceptors (Lipinski definition) is 4. The lowest BCUT2D eigenvalue weighted by Crippen LogP contribution is -2.14. The van der Waals surface area contributed by atoms with E-state index in [0.29, 0.717) is 5.88 Å². The van der Waals surface area contributed by atoms with Crippen LogP contribution in [0.25, 0.3) is 0 Å². The quantitative estimate of drug-likeness (QED) is 0.656. The molecule has 0 saturated heterocycles. The number of pyridine rings is 1. The van der Waals surface area contributed by atoms with Crippen molar-refractivity contribution in [1.82, 2.24) is 10.3 Å². The first-order valence-corrected chi connectivity index (χ1v) is 6.14. The number of aromatic nitrogens is 1. The molecule has 0 radical (unpaired) electrons. The van der Waals surface area contributed by atoms with E-state index >= 15 is 0 Å². The summed E-state index contributed by atoms with van der Waals surface area (Å²) in [5.74, 6) is -0.0948. The zero-order valence-corrected chi connectivity index (χ0v) is 10.7. The Bertz CT molecular complexity index is 369. The van der Waals surface area contributed by atoms with E-state index in [1.165, 1.54) is 0 Å². The van der Waals surface area contributed by atoms with Gasteiger partial charge in [-0.05, 0) is 31.0 Å². The summed E-state index contributed by atoms with van der Waals surface area (Å²) >= 11 is 0. The van der Waals surface area contributed by atoms with Crippen molar-refractivity contribution < 1.29 is 14.6 Å². The fraction of sp³-hybridized carbons (Fsp3) is 0.538. The summed E-state index contributed by atoms with van der Waals surface area (Å²) < 4.78 is 5.04. The lowest BCUT2D eigenvalue weighted by atomic mass is 10.2. The van der Waals surface area contributed by atoms with E-state index in [-0.39, 0.29) is 6.42 Å². The molecule has 18 heavy (non-hydrogen) atoms. The highest BCUT2D eigenvalue weighted by atomic mass is 16.5. The van der Waals surface area contributed by atoms with Crippen LogP contribution in [0.5, 0.6) is 5.88 Å². The van der Waals surface area contributed by atoms with Crippen molar-refractivity contribution in [2.75, 3.05) is 13.7 Å². The second-order valence-electron chi connectivity index (χ2n) is 4.09. The molecule has 1 rings (SSSR count). The van der Waals surface area contributed by atoms with Crippen molar-refractivity contribution in [3.63, 3.8) is 0 Å². The molecule has 5 heteroatoms. The Kier molecular flexibility index (Phi) is 6.79. The fourth-order valence-electron chi connectivity index (χ4n) is 1.61. The van der Waals surface area contributed by atoms with Crippen LogP contribution in [0.1, 0.15) is 31.2 Å². The summed E-state index contributed by atoms with van der Waals surface area (Å²) in [4.78, 5) is 14.3. The standard InChI is InChI=1S/C13H20N2O3/c1-18-12-9-11(6-8-15-12)10-14-7-4-2-3-5-13(16)17/h6,8-9,14H,2-5,7,10H2,1H3,(H,16,17). The number of unbranched alkanes of at least 4 members (excludes halogenated alkanes) is 2. The summed E-state index contributed by atoms with van der Waals surface area (Å²) in [7, 11) is 1.60. The third-order valence-corrected chi connectivity index (χ3v) is 2.58. The minimum Gasteiger partial charge on any atom is -0.481 e. The van der Waals surface area contributed by atoms with Crippen molar-refractivity contribution in [2.24, 2.45) is 0 Å². The van der Waals surface area contributed by atoms with E-state index in [0.717, 1.165) is 37.9 Å². The number of aliphatic carboxylic acids is 1. The van der Waals surface area contributed by atoms with E-state index in [1.807, 2.05) is 12.1 Å². The zero-order valence-electron chi connectivity index (χ0n) is 10.7. The van der Waals surface area contributed by atoms with Crippen molar-refractivity contribution in [3.8, 4) is 5.88 Å². The van der Waals surface area contributed by atoms with Gasteiger partial charge in [-0.15, -0.1) is 0 Å². The number of carboxylic acid groups (broad SMARTS) is 1. The van der Waals surface area contributed by atoms with E-state index < -0.39 is 5.97 Å². The van der Waals surface area contributed by atoms with Gasteiger partial charge in [0.25, 0.3) is 0 Å². The van der Waals surface area contributed by atoms with Crippen LogP contribution in [0, 0.1) is 0 Å². The molecule has 0 fully saturated rings. The first-order chi connectivity index (χ1) is 8.72. The molecule has 0 aliphatic heterocycles. The molecule has 0 aromatic carbocycles. The van der Waals surface area contributed by atoms with Gasteiger partial charge in [0, 0.05) is 25.2 Å². The summed E-state index contributed by atoms with van der Waals surface area (Å²) in [6, 6.07) is 3.84. The minimum absolute atomic E-state index is 0.265. The summed E-state index contributed by atoms with van der Waals surface area (Å²) in [5, 5.41) is 11.8. The van der Waals surface area contributed by atoms with Crippen LogP contribution in [0.4, 0.5) is 0 Å². The van der Waals surface area contributed by atoms with Crippen molar-refractivity contribution in [2.45, 2.75) is 32.2 Å². The molecule has 0 unspecified atom stereocenters. The monoisotopic (exact) mass is 252 g/mol. The molecule has 0 aliphatic rings. The van der Waals surface area contributed by atoms with E-state index in [2.05, 4.69) is 10.3 Å². The second kappa shape index (κ2) is 8.47. The molecule has 2 N–H and O–H groups in total. The predicted octanol–water partition coefficient (Wildman–Crippen LogP) is 1.82. The van der Waals surface area contributed by atoms with Crippen LogP contribution in [0.3, 0.4) is 0 Å². The highest BCUT2D eigenvalue weighted by Gasteiger charge is 1.98. The Balaban J connectivity index is 2.08. The lowest BCUT2D eigenvalue weighted by molar-refractivity contribution is -0.137. The molecule has 0 saturated carbocycles. The van der Waals surface area contributed by atoms with Gasteiger partial charge in [0.05, 0.1) is 7.11 Å². The topological polar surface area (TPSA) is 71.5 Å². The molecule has 0 aliphatic carbocycles. The molecular formula is C13H20N2O3. The van der Waals surface area contributed by atoms with Crippen LogP contribution in [-0.2, 0) is 11.3 Å². The van der Waals surface area contributed by atoms with Gasteiger partial charge >= 0.3 is 5.97 Å². The van der Waals surface area contributed by atoms with Crippen LogP contribution in [0.2, 0.25) is 0 Å². The molecule has 1 aromatic rings. The van der Waals surface area contributed by atoms with Crippen LogP contribution in [0.15, 0.2) is 18.3 Å². The van der Waals surface area contributed by atoms with Gasteiger partial charge in [0.15, 0.2) is 0 Å². The number of carbonyl (C=O) groups is 1. The van der Waals surface area contributed by atoms with E-state index in [9.17, 15) is 4.79 Å². The van der Waals surface area contributed by atoms with Gasteiger partial charge < -0.3 is 15.2 Å². The van der Waals surface area contributed by atoms with E-state index in [4.69, 9.17) is 9.84 Å². The first kappa shape index (κ1) is 14.4. The molecule has 100 valence electrons. The van der Waals surface area contributed by atoms with Gasteiger partial charge in [0.1, 0.15) is 0 Å². The number of ether oxygens (including phenoxy) is 1. The molecule has 0 atom stereocenters. The van der Waals surface area contributed by atoms with E-state index in [1.54, 1.807) is 13.3 Å². The Morgan fingerprint density at radius 1 is 1.44 bits per heavy atom. The SMILES string of the molecule is COc1cc(CNCCCCCC(=O)O)ccn1. The Hall–Kier alpha value is -1.62. The van der Waals surface area contributed by atoms with Gasteiger partial charge in [0.2, 0.25) is 5.88 Å². The Morgan fingerprint density at radius 3 is 3.00 bits per heavy atom. The molecule has 1 heterocycles. The third kappa shape index (κ3) is 6.20. The van der Waals surface area contributed by atoms with Crippen LogP contribution < -0.4 is 10.1 Å². The normalized spacial score (nSPS) is 10.3. The smallest absolute Gasteiger partial charge is 0.303 e. The minimum atomic E-state index is -0.716. The van der Waals surface area contributed by atoms with Gasteiger partial charge in [-0.3, -0.25) is 4.79 Å². The second-order valence-corrected chi connectivity index (χ2v) is 4.09. The molecule has 0 bridgehead atoms. The number of rotatable bonds is 9. The number of methoxy groups -OCH3 is 1. The first-order valence-electron chi connectivity index (χ1n) is 6.14. The number of carboxylic acids is 1. The Labute approximate surface area is 107 Å². The molecule has 1 aromatic heterocycles. The van der Waals surface area contributed by atoms with Crippen LogP contribution in [-0.4, -0.2) is 29.7 Å². The van der Waals surface area contributed by atoms with Gasteiger partial charge in [-0.25, -0.2) is 4.98 Å². The maximum atomic E-state index is 10.3. The van der Waals surface area contributed by atoms with Crippen molar-refractivity contribution in [3.05, 3.63) is 23.9 Å². The molecule has 5 nitrogen and oxygen atoms in total. The van der Waals surface area contributed by atoms with Crippen molar-refractivity contribution in [1.29, 1.82) is 0 Å². The Morgan fingerprint density at radius 2 is 2.28 bits per heavy atom. The number of hydrogen-bond donors (Lipinski definition) is 2. The average Bonchev–Trinajstić information content (AvgIpc) is 2.37. The molecule has 0 amide bonds. The van der Waals surface area contributed by atoms with Crippen molar-refractivity contribution >= 4 is 5.97 Å². The maximum absolute atomic E-state index is 10.3. The number of nitrogens with zero attached hydrogens (tertiary/aromatic N) is 1. The lowest BCUT2D eigenvalue weighted by Gasteiger charge is -2.05. The summed E-state index contributed by atoms with van der Waals surface area (Å²) in [6.45, 7) is 1.67. The highest BCUT2D eigenvalue weighted by Crippen LogP contribution is 2.08. The van der Waals surface area contributed by atoms with Gasteiger partial charge in [-0.1, -0.05) is 6.42 Å². The third-order valence-electron chi connectivity index (χ3n) is 2.58. The maximum Gasteiger partial charge on any atom is 0.303 e. The largest absolute Gasteiger partial charge is 0.481 e. The summed E-state index contributed by atoms with van der Waals surface area (Å²) in [5.41, 5.74) is 1.13. The van der Waals surface area contributed by atoms with Crippen LogP contribution >= 0.6 is 0 Å². The number of nitrogens with one attached hydrogen (secondary N) is 1. The predicted molar refractivity (Wildman–Crippen MR) is 68.6 cm³/mol. The highest BCUT2D eigenvalue weighted by molar-refractivity contribution is 5.66.